The molecule has 0 bridgehead atoms. The number of anilines is 1. The number of piperidine rings is 2. The summed E-state index contributed by atoms with van der Waals surface area (Å²) in [6.45, 7) is 2.84. The lowest BCUT2D eigenvalue weighted by molar-refractivity contribution is -0.137. The van der Waals surface area contributed by atoms with Crippen molar-refractivity contribution in [3.05, 3.63) is 60.2 Å². The zero-order chi connectivity index (χ0) is 24.2. The van der Waals surface area contributed by atoms with Crippen LogP contribution in [-0.2, 0) is 20.8 Å². The van der Waals surface area contributed by atoms with Crippen LogP contribution in [0.15, 0.2) is 59.5 Å². The molecular formula is C28H33N3O3S. The minimum atomic E-state index is -0.813. The lowest BCUT2D eigenvalue weighted by Gasteiger charge is -2.38. The van der Waals surface area contributed by atoms with Gasteiger partial charge in [0.05, 0.1) is 5.69 Å². The SMILES string of the molecule is O=C(CN1C(=O)[C@@H](C(=O)N2CCCCC2)Sc2ccccc21)N1CCC(Cc2ccccc2)CC1. The summed E-state index contributed by atoms with van der Waals surface area (Å²) in [6, 6.07) is 18.1. The van der Waals surface area contributed by atoms with Gasteiger partial charge in [-0.2, -0.15) is 0 Å². The number of thioether (sulfide) groups is 1. The topological polar surface area (TPSA) is 60.9 Å². The Kier molecular flexibility index (Phi) is 7.42. The smallest absolute Gasteiger partial charge is 0.250 e. The molecule has 3 heterocycles. The number of rotatable bonds is 5. The maximum atomic E-state index is 13.5. The van der Waals surface area contributed by atoms with Crippen molar-refractivity contribution in [3.8, 4) is 0 Å². The van der Waals surface area contributed by atoms with Crippen molar-refractivity contribution in [2.75, 3.05) is 37.6 Å². The van der Waals surface area contributed by atoms with Crippen LogP contribution in [0.5, 0.6) is 0 Å². The molecule has 2 fully saturated rings. The van der Waals surface area contributed by atoms with E-state index in [0.717, 1.165) is 49.1 Å². The molecule has 3 amide bonds. The molecule has 0 saturated carbocycles. The second-order valence-corrected chi connectivity index (χ2v) is 10.9. The molecule has 0 unspecified atom stereocenters. The van der Waals surface area contributed by atoms with Crippen LogP contribution in [0.3, 0.4) is 0 Å². The summed E-state index contributed by atoms with van der Waals surface area (Å²) in [5.41, 5.74) is 2.08. The highest BCUT2D eigenvalue weighted by Gasteiger charge is 2.41. The van der Waals surface area contributed by atoms with Crippen LogP contribution in [0.2, 0.25) is 0 Å². The zero-order valence-electron chi connectivity index (χ0n) is 20.1. The van der Waals surface area contributed by atoms with Crippen LogP contribution in [0, 0.1) is 5.92 Å². The van der Waals surface area contributed by atoms with Gasteiger partial charge >= 0.3 is 0 Å². The van der Waals surface area contributed by atoms with Crippen molar-refractivity contribution in [1.29, 1.82) is 0 Å². The molecule has 3 aliphatic heterocycles. The first-order valence-electron chi connectivity index (χ1n) is 12.8. The van der Waals surface area contributed by atoms with E-state index in [-0.39, 0.29) is 24.3 Å². The minimum Gasteiger partial charge on any atom is -0.341 e. The van der Waals surface area contributed by atoms with Crippen molar-refractivity contribution < 1.29 is 14.4 Å². The van der Waals surface area contributed by atoms with Gasteiger partial charge in [-0.25, -0.2) is 0 Å². The first-order valence-corrected chi connectivity index (χ1v) is 13.7. The molecule has 0 aromatic heterocycles. The summed E-state index contributed by atoms with van der Waals surface area (Å²) in [7, 11) is 0. The van der Waals surface area contributed by atoms with E-state index in [0.29, 0.717) is 32.1 Å². The van der Waals surface area contributed by atoms with Crippen LogP contribution in [0.1, 0.15) is 37.7 Å². The molecule has 1 atom stereocenters. The van der Waals surface area contributed by atoms with E-state index in [2.05, 4.69) is 24.3 Å². The number of benzene rings is 2. The molecule has 2 aromatic carbocycles. The van der Waals surface area contributed by atoms with E-state index in [9.17, 15) is 14.4 Å². The predicted molar refractivity (Wildman–Crippen MR) is 138 cm³/mol. The first-order chi connectivity index (χ1) is 17.1. The Morgan fingerprint density at radius 1 is 0.829 bits per heavy atom. The number of amides is 3. The maximum Gasteiger partial charge on any atom is 0.250 e. The molecule has 184 valence electrons. The Morgan fingerprint density at radius 3 is 2.26 bits per heavy atom. The largest absolute Gasteiger partial charge is 0.341 e. The van der Waals surface area contributed by atoms with Crippen molar-refractivity contribution in [3.63, 3.8) is 0 Å². The van der Waals surface area contributed by atoms with Gasteiger partial charge in [0.25, 0.3) is 5.91 Å². The van der Waals surface area contributed by atoms with Gasteiger partial charge in [-0.1, -0.05) is 42.5 Å². The minimum absolute atomic E-state index is 0.0104. The van der Waals surface area contributed by atoms with Gasteiger partial charge in [0.15, 0.2) is 5.25 Å². The Labute approximate surface area is 211 Å². The quantitative estimate of drug-likeness (QED) is 0.594. The van der Waals surface area contributed by atoms with Crippen LogP contribution >= 0.6 is 11.8 Å². The lowest BCUT2D eigenvalue weighted by atomic mass is 9.90. The van der Waals surface area contributed by atoms with Gasteiger partial charge < -0.3 is 14.7 Å². The fraction of sp³-hybridized carbons (Fsp3) is 0.464. The molecule has 0 N–H and O–H groups in total. The fourth-order valence-corrected chi connectivity index (χ4v) is 6.57. The van der Waals surface area contributed by atoms with Gasteiger partial charge in [-0.05, 0) is 62.1 Å². The van der Waals surface area contributed by atoms with Crippen molar-refractivity contribution >= 4 is 35.2 Å². The number of hydrogen-bond donors (Lipinski definition) is 0. The Bertz CT molecular complexity index is 1060. The fourth-order valence-electron chi connectivity index (χ4n) is 5.39. The van der Waals surface area contributed by atoms with Gasteiger partial charge in [-0.15, -0.1) is 11.8 Å². The van der Waals surface area contributed by atoms with Crippen LogP contribution < -0.4 is 4.90 Å². The predicted octanol–water partition coefficient (Wildman–Crippen LogP) is 3.99. The summed E-state index contributed by atoms with van der Waals surface area (Å²) in [4.78, 5) is 46.2. The number of fused-ring (bicyclic) bond motifs is 1. The van der Waals surface area contributed by atoms with E-state index in [4.69, 9.17) is 0 Å². The summed E-state index contributed by atoms with van der Waals surface area (Å²) in [5.74, 6) is 0.147. The normalized spacial score (nSPS) is 21.1. The van der Waals surface area contributed by atoms with Crippen LogP contribution in [0.25, 0.3) is 0 Å². The average molecular weight is 492 g/mol. The summed E-state index contributed by atoms with van der Waals surface area (Å²) >= 11 is 1.33. The average Bonchev–Trinajstić information content (AvgIpc) is 2.91. The van der Waals surface area contributed by atoms with E-state index < -0.39 is 5.25 Å². The molecule has 7 heteroatoms. The second-order valence-electron chi connectivity index (χ2n) is 9.79. The molecule has 35 heavy (non-hydrogen) atoms. The third-order valence-electron chi connectivity index (χ3n) is 7.41. The number of hydrogen-bond acceptors (Lipinski definition) is 4. The third kappa shape index (κ3) is 5.40. The maximum absolute atomic E-state index is 13.5. The van der Waals surface area contributed by atoms with Gasteiger partial charge in [0.2, 0.25) is 11.8 Å². The summed E-state index contributed by atoms with van der Waals surface area (Å²) in [5, 5.41) is -0.813. The molecule has 5 rings (SSSR count). The Morgan fingerprint density at radius 2 is 1.51 bits per heavy atom. The highest BCUT2D eigenvalue weighted by Crippen LogP contribution is 2.40. The first kappa shape index (κ1) is 23.9. The highest BCUT2D eigenvalue weighted by molar-refractivity contribution is 8.01. The molecule has 0 aliphatic carbocycles. The lowest BCUT2D eigenvalue weighted by Crippen LogP contribution is -2.53. The van der Waals surface area contributed by atoms with Crippen LogP contribution in [-0.4, -0.2) is 65.5 Å². The molecule has 0 radical (unpaired) electrons. The molecule has 6 nitrogen and oxygen atoms in total. The highest BCUT2D eigenvalue weighted by atomic mass is 32.2. The van der Waals surface area contributed by atoms with Gasteiger partial charge in [-0.3, -0.25) is 14.4 Å². The van der Waals surface area contributed by atoms with E-state index in [1.165, 1.54) is 17.3 Å². The molecule has 3 aliphatic rings. The van der Waals surface area contributed by atoms with Crippen molar-refractivity contribution in [1.82, 2.24) is 9.80 Å². The standard InChI is InChI=1S/C28H33N3O3S/c32-25(29-17-13-22(14-18-29)19-21-9-3-1-4-10-21)20-31-23-11-5-6-12-24(23)35-26(28(31)34)27(33)30-15-7-2-8-16-30/h1,3-6,9-12,22,26H,2,7-8,13-20H2/t26-/m1/s1. The number of carbonyl (C=O) groups excluding carboxylic acids is 3. The Hall–Kier alpha value is -2.80. The summed E-state index contributed by atoms with van der Waals surface area (Å²) < 4.78 is 0. The molecule has 2 aromatic rings. The second kappa shape index (κ2) is 10.9. The van der Waals surface area contributed by atoms with E-state index >= 15 is 0 Å². The van der Waals surface area contributed by atoms with Crippen molar-refractivity contribution in [2.24, 2.45) is 5.92 Å². The molecule has 0 spiro atoms. The molecule has 2 saturated heterocycles. The number of carbonyl (C=O) groups is 3. The van der Waals surface area contributed by atoms with Gasteiger partial charge in [0, 0.05) is 31.1 Å². The van der Waals surface area contributed by atoms with E-state index in [1.807, 2.05) is 40.1 Å². The monoisotopic (exact) mass is 491 g/mol. The zero-order valence-corrected chi connectivity index (χ0v) is 20.9. The number of nitrogens with zero attached hydrogens (tertiary/aromatic N) is 3. The molecular weight excluding hydrogens is 458 g/mol. The number of likely N-dealkylation sites (tertiary alicyclic amines) is 2. The van der Waals surface area contributed by atoms with E-state index in [1.54, 1.807) is 4.90 Å². The van der Waals surface area contributed by atoms with Gasteiger partial charge in [0.1, 0.15) is 6.54 Å². The third-order valence-corrected chi connectivity index (χ3v) is 8.65. The Balaban J connectivity index is 1.24. The number of para-hydroxylation sites is 1. The summed E-state index contributed by atoms with van der Waals surface area (Å²) in [6.07, 6.45) is 6.07. The van der Waals surface area contributed by atoms with Crippen LogP contribution in [0.4, 0.5) is 5.69 Å². The van der Waals surface area contributed by atoms with Crippen molar-refractivity contribution in [2.45, 2.75) is 48.7 Å².